The van der Waals surface area contributed by atoms with Gasteiger partial charge < -0.3 is 24.1 Å². The standard InChI is InChI=1S/C13H14O4.C6H9ClO2.C6H10O3.Cl2OS/c14-9-10-1-3-12(4-2-10)17-13(15)11-5-7-16-8-6-11;2*7-6(8)5-1-3-9-4-2-5;1-4(2)3/h1-4,9,11H,5-8H2;5H,1-4H2;5H,1-4H2,(H,7,8);. The summed E-state index contributed by atoms with van der Waals surface area (Å²) >= 11 is 5.26. The summed E-state index contributed by atoms with van der Waals surface area (Å²) in [6.45, 7) is 3.81. The molecule has 0 bridgehead atoms. The van der Waals surface area contributed by atoms with Crippen LogP contribution in [0.1, 0.15) is 48.9 Å². The van der Waals surface area contributed by atoms with Gasteiger partial charge >= 0.3 is 11.9 Å². The number of benzene rings is 1. The molecule has 0 unspecified atom stereocenters. The molecule has 10 nitrogen and oxygen atoms in total. The Balaban J connectivity index is 0.000000293. The van der Waals surface area contributed by atoms with Crippen LogP contribution in [0.25, 0.3) is 0 Å². The van der Waals surface area contributed by atoms with Crippen molar-refractivity contribution in [2.45, 2.75) is 38.5 Å². The second-order valence-corrected chi connectivity index (χ2v) is 11.5. The number of aldehydes is 1. The largest absolute Gasteiger partial charge is 0.481 e. The second-order valence-electron chi connectivity index (χ2n) is 8.59. The molecule has 3 aliphatic rings. The number of carbonyl (C=O) groups excluding carboxylic acids is 3. The van der Waals surface area contributed by atoms with E-state index in [9.17, 15) is 19.2 Å². The van der Waals surface area contributed by atoms with E-state index in [4.69, 9.17) is 39.9 Å². The van der Waals surface area contributed by atoms with Crippen molar-refractivity contribution in [2.75, 3.05) is 39.6 Å². The van der Waals surface area contributed by atoms with Gasteiger partial charge in [-0.1, -0.05) is 0 Å². The van der Waals surface area contributed by atoms with Gasteiger partial charge in [0.2, 0.25) is 14.5 Å². The lowest BCUT2D eigenvalue weighted by molar-refractivity contribution is -0.145. The summed E-state index contributed by atoms with van der Waals surface area (Å²) in [4.78, 5) is 43.0. The lowest BCUT2D eigenvalue weighted by Gasteiger charge is -2.20. The topological polar surface area (TPSA) is 143 Å². The Bertz CT molecular complexity index is 866. The molecule has 0 amide bonds. The van der Waals surface area contributed by atoms with Gasteiger partial charge in [0.1, 0.15) is 12.0 Å². The molecule has 4 rings (SSSR count). The van der Waals surface area contributed by atoms with Crippen LogP contribution in [0.3, 0.4) is 0 Å². The fraction of sp³-hybridized carbons (Fsp3) is 0.600. The third kappa shape index (κ3) is 17.0. The van der Waals surface area contributed by atoms with Crippen molar-refractivity contribution in [2.24, 2.45) is 17.8 Å². The number of rotatable bonds is 5. The van der Waals surface area contributed by atoms with Crippen LogP contribution in [0.2, 0.25) is 0 Å². The Morgan fingerprint density at radius 2 is 1.18 bits per heavy atom. The van der Waals surface area contributed by atoms with Gasteiger partial charge in [-0.3, -0.25) is 19.2 Å². The van der Waals surface area contributed by atoms with Crippen LogP contribution in [-0.4, -0.2) is 72.4 Å². The molecular weight excluding hydrogens is 599 g/mol. The van der Waals surface area contributed by atoms with Gasteiger partial charge in [-0.15, -0.1) is 0 Å². The first-order chi connectivity index (χ1) is 18.6. The summed E-state index contributed by atoms with van der Waals surface area (Å²) in [6, 6.07) is 6.50. The minimum absolute atomic E-state index is 0.0559. The monoisotopic (exact) mass is 630 g/mol. The molecule has 0 aliphatic carbocycles. The van der Waals surface area contributed by atoms with Crippen LogP contribution in [0.15, 0.2) is 24.3 Å². The summed E-state index contributed by atoms with van der Waals surface area (Å²) < 4.78 is 29.5. The van der Waals surface area contributed by atoms with E-state index in [-0.39, 0.29) is 29.0 Å². The predicted octanol–water partition coefficient (Wildman–Crippen LogP) is 4.55. The third-order valence-electron chi connectivity index (χ3n) is 5.90. The molecule has 39 heavy (non-hydrogen) atoms. The molecule has 220 valence electrons. The number of hydrogen-bond acceptors (Lipinski definition) is 9. The van der Waals surface area contributed by atoms with Gasteiger partial charge in [-0.05, 0) is 74.4 Å². The Hall–Kier alpha value is -1.60. The maximum Gasteiger partial charge on any atom is 0.314 e. The second kappa shape index (κ2) is 21.2. The number of aliphatic carboxylic acids is 1. The average Bonchev–Trinajstić information content (AvgIpc) is 2.95. The average molecular weight is 632 g/mol. The van der Waals surface area contributed by atoms with E-state index < -0.39 is 15.2 Å². The number of carboxylic acid groups (broad SMARTS) is 1. The molecule has 0 saturated carbocycles. The number of halogens is 3. The normalized spacial score (nSPS) is 18.2. The lowest BCUT2D eigenvalue weighted by atomic mass is 10.0. The molecule has 3 aliphatic heterocycles. The van der Waals surface area contributed by atoms with Crippen LogP contribution in [0.4, 0.5) is 0 Å². The van der Waals surface area contributed by atoms with Crippen molar-refractivity contribution in [1.29, 1.82) is 0 Å². The minimum atomic E-state index is -1.67. The van der Waals surface area contributed by atoms with Crippen LogP contribution in [0.5, 0.6) is 5.75 Å². The maximum absolute atomic E-state index is 11.8. The van der Waals surface area contributed by atoms with Crippen LogP contribution in [0, 0.1) is 17.8 Å². The molecule has 3 heterocycles. The van der Waals surface area contributed by atoms with E-state index in [0.29, 0.717) is 76.6 Å². The number of hydrogen-bond donors (Lipinski definition) is 1. The Labute approximate surface area is 244 Å². The molecule has 0 aromatic heterocycles. The molecule has 0 radical (unpaired) electrons. The van der Waals surface area contributed by atoms with E-state index in [2.05, 4.69) is 21.4 Å². The Kier molecular flexibility index (Phi) is 19.2. The van der Waals surface area contributed by atoms with Crippen molar-refractivity contribution >= 4 is 65.7 Å². The van der Waals surface area contributed by atoms with Gasteiger partial charge in [0.25, 0.3) is 0 Å². The summed E-state index contributed by atoms with van der Waals surface area (Å²) in [7, 11) is 7.36. The van der Waals surface area contributed by atoms with E-state index in [1.807, 2.05) is 0 Å². The van der Waals surface area contributed by atoms with Gasteiger partial charge in [0.15, 0.2) is 0 Å². The van der Waals surface area contributed by atoms with Crippen LogP contribution < -0.4 is 4.74 Å². The zero-order valence-electron chi connectivity index (χ0n) is 21.3. The van der Waals surface area contributed by atoms with Crippen molar-refractivity contribution < 1.29 is 47.4 Å². The molecular formula is C25H33Cl3O10S. The quantitative estimate of drug-likeness (QED) is 0.213. The van der Waals surface area contributed by atoms with E-state index >= 15 is 0 Å². The number of carboxylic acids is 1. The minimum Gasteiger partial charge on any atom is -0.481 e. The first kappa shape index (κ1) is 35.4. The van der Waals surface area contributed by atoms with Crippen LogP contribution in [-0.2, 0) is 37.8 Å². The molecule has 3 fully saturated rings. The first-order valence-electron chi connectivity index (χ1n) is 12.3. The number of carbonyl (C=O) groups is 4. The Morgan fingerprint density at radius 3 is 1.49 bits per heavy atom. The lowest BCUT2D eigenvalue weighted by Crippen LogP contribution is -2.27. The fourth-order valence-electron chi connectivity index (χ4n) is 3.62. The highest BCUT2D eigenvalue weighted by Crippen LogP contribution is 2.19. The molecule has 1 N–H and O–H groups in total. The van der Waals surface area contributed by atoms with Gasteiger partial charge in [-0.25, -0.2) is 4.21 Å². The number of ether oxygens (including phenoxy) is 4. The zero-order valence-corrected chi connectivity index (χ0v) is 24.4. The molecule has 0 spiro atoms. The summed E-state index contributed by atoms with van der Waals surface area (Å²) in [6.07, 6.45) is 5.12. The molecule has 1 aromatic rings. The van der Waals surface area contributed by atoms with Crippen molar-refractivity contribution in [3.8, 4) is 5.75 Å². The first-order valence-corrected chi connectivity index (χ1v) is 15.5. The van der Waals surface area contributed by atoms with Crippen molar-refractivity contribution in [3.63, 3.8) is 0 Å². The predicted molar refractivity (Wildman–Crippen MR) is 146 cm³/mol. The zero-order chi connectivity index (χ0) is 29.0. The highest BCUT2D eigenvalue weighted by Gasteiger charge is 2.23. The summed E-state index contributed by atoms with van der Waals surface area (Å²) in [5.74, 6) is -0.591. The molecule has 3 saturated heterocycles. The van der Waals surface area contributed by atoms with Gasteiger partial charge in [0, 0.05) is 72.5 Å². The SMILES string of the molecule is O=C(Cl)C1CCOCC1.O=C(O)C1CCOCC1.O=Cc1ccc(OC(=O)C2CCOCC2)cc1.O=S(Cl)Cl. The van der Waals surface area contributed by atoms with E-state index in [0.717, 1.165) is 19.1 Å². The molecule has 1 aromatic carbocycles. The summed E-state index contributed by atoms with van der Waals surface area (Å²) in [5.41, 5.74) is 0.566. The molecule has 14 heteroatoms. The van der Waals surface area contributed by atoms with Gasteiger partial charge in [-0.2, -0.15) is 0 Å². The molecule has 0 atom stereocenters. The third-order valence-corrected chi connectivity index (χ3v) is 6.21. The fourth-order valence-corrected chi connectivity index (χ4v) is 3.83. The Morgan fingerprint density at radius 1 is 0.795 bits per heavy atom. The highest BCUT2D eigenvalue weighted by molar-refractivity contribution is 8.26. The van der Waals surface area contributed by atoms with Crippen molar-refractivity contribution in [1.82, 2.24) is 0 Å². The number of esters is 1. The maximum atomic E-state index is 11.8. The van der Waals surface area contributed by atoms with Gasteiger partial charge in [0.05, 0.1) is 11.8 Å². The van der Waals surface area contributed by atoms with Crippen LogP contribution >= 0.6 is 33.0 Å². The summed E-state index contributed by atoms with van der Waals surface area (Å²) in [5, 5.41) is 8.27. The highest BCUT2D eigenvalue weighted by atomic mass is 36.0. The van der Waals surface area contributed by atoms with E-state index in [1.165, 1.54) is 0 Å². The smallest absolute Gasteiger partial charge is 0.314 e. The van der Waals surface area contributed by atoms with E-state index in [1.54, 1.807) is 24.3 Å². The van der Waals surface area contributed by atoms with Crippen molar-refractivity contribution in [3.05, 3.63) is 29.8 Å².